The monoisotopic (exact) mass is 361 g/mol. The Morgan fingerprint density at radius 1 is 1.36 bits per heavy atom. The second-order valence-electron chi connectivity index (χ2n) is 6.33. The molecule has 6 heteroatoms. The second-order valence-corrected chi connectivity index (χ2v) is 7.74. The molecule has 0 unspecified atom stereocenters. The van der Waals surface area contributed by atoms with E-state index in [0.717, 1.165) is 16.3 Å². The van der Waals surface area contributed by atoms with Gasteiger partial charge in [-0.1, -0.05) is 6.07 Å². The molecule has 2 rings (SSSR count). The Labute approximate surface area is 154 Å². The fourth-order valence-corrected chi connectivity index (χ4v) is 3.65. The number of methoxy groups -OCH3 is 1. The molecule has 0 aliphatic rings. The van der Waals surface area contributed by atoms with Crippen LogP contribution in [0, 0.1) is 20.8 Å². The smallest absolute Gasteiger partial charge is 0.225 e. The van der Waals surface area contributed by atoms with Gasteiger partial charge in [-0.05, 0) is 52.4 Å². The van der Waals surface area contributed by atoms with E-state index in [4.69, 9.17) is 4.74 Å². The van der Waals surface area contributed by atoms with E-state index in [0.29, 0.717) is 24.4 Å². The number of carbonyl (C=O) groups is 1. The third-order valence-electron chi connectivity index (χ3n) is 4.32. The molecule has 0 saturated carbocycles. The minimum atomic E-state index is -0.0193. The summed E-state index contributed by atoms with van der Waals surface area (Å²) < 4.78 is 5.31. The van der Waals surface area contributed by atoms with Gasteiger partial charge in [0.1, 0.15) is 5.75 Å². The normalized spacial score (nSPS) is 12.3. The highest BCUT2D eigenvalue weighted by atomic mass is 32.1. The van der Waals surface area contributed by atoms with Crippen molar-refractivity contribution in [2.45, 2.75) is 40.2 Å². The standard InChI is InChI=1S/C19H27N3O2S/c1-12-7-8-17(24-6)16(11-12)21-18(23)9-10-22(5)13(2)19-14(3)25-15(4)20-19/h7-8,11,13H,9-10H2,1-6H3,(H,21,23)/t13-/m0/s1. The number of ether oxygens (including phenoxy) is 1. The van der Waals surface area contributed by atoms with Gasteiger partial charge in [0.05, 0.1) is 29.5 Å². The fraction of sp³-hybridized carbons (Fsp3) is 0.474. The second kappa shape index (κ2) is 8.45. The molecule has 0 bridgehead atoms. The van der Waals surface area contributed by atoms with Crippen molar-refractivity contribution in [2.24, 2.45) is 0 Å². The van der Waals surface area contributed by atoms with Crippen molar-refractivity contribution in [3.8, 4) is 5.75 Å². The van der Waals surface area contributed by atoms with E-state index in [1.54, 1.807) is 18.4 Å². The molecule has 0 spiro atoms. The molecule has 0 radical (unpaired) electrons. The first-order chi connectivity index (χ1) is 11.8. The molecule has 0 fully saturated rings. The van der Waals surface area contributed by atoms with Gasteiger partial charge in [-0.15, -0.1) is 11.3 Å². The number of nitrogens with one attached hydrogen (secondary N) is 1. The number of hydrogen-bond donors (Lipinski definition) is 1. The first-order valence-electron chi connectivity index (χ1n) is 8.40. The summed E-state index contributed by atoms with van der Waals surface area (Å²) in [6, 6.07) is 5.94. The topological polar surface area (TPSA) is 54.5 Å². The van der Waals surface area contributed by atoms with E-state index in [2.05, 4.69) is 29.0 Å². The zero-order valence-electron chi connectivity index (χ0n) is 15.8. The van der Waals surface area contributed by atoms with Gasteiger partial charge in [0.25, 0.3) is 0 Å². The van der Waals surface area contributed by atoms with Crippen molar-refractivity contribution >= 4 is 22.9 Å². The maximum absolute atomic E-state index is 12.3. The molecule has 1 N–H and O–H groups in total. The van der Waals surface area contributed by atoms with E-state index < -0.39 is 0 Å². The Balaban J connectivity index is 1.93. The van der Waals surface area contributed by atoms with Gasteiger partial charge in [0.15, 0.2) is 0 Å². The first-order valence-corrected chi connectivity index (χ1v) is 9.22. The Hall–Kier alpha value is -1.92. The average molecular weight is 362 g/mol. The minimum absolute atomic E-state index is 0.0193. The number of anilines is 1. The van der Waals surface area contributed by atoms with E-state index in [9.17, 15) is 4.79 Å². The van der Waals surface area contributed by atoms with Crippen LogP contribution in [0.25, 0.3) is 0 Å². The van der Waals surface area contributed by atoms with Gasteiger partial charge in [-0.25, -0.2) is 4.98 Å². The molecule has 1 amide bonds. The number of amides is 1. The van der Waals surface area contributed by atoms with Crippen LogP contribution in [0.1, 0.15) is 40.5 Å². The Kier molecular flexibility index (Phi) is 6.56. The molecule has 2 aromatic rings. The molecule has 25 heavy (non-hydrogen) atoms. The maximum Gasteiger partial charge on any atom is 0.225 e. The van der Waals surface area contributed by atoms with Crippen LogP contribution in [0.5, 0.6) is 5.75 Å². The number of rotatable bonds is 7. The lowest BCUT2D eigenvalue weighted by molar-refractivity contribution is -0.116. The number of thiazole rings is 1. The van der Waals surface area contributed by atoms with Crippen LogP contribution in [0.3, 0.4) is 0 Å². The summed E-state index contributed by atoms with van der Waals surface area (Å²) in [5.41, 5.74) is 2.90. The summed E-state index contributed by atoms with van der Waals surface area (Å²) in [6.07, 6.45) is 0.417. The molecule has 5 nitrogen and oxygen atoms in total. The van der Waals surface area contributed by atoms with Crippen LogP contribution in [-0.2, 0) is 4.79 Å². The third kappa shape index (κ3) is 5.03. The quantitative estimate of drug-likeness (QED) is 0.807. The van der Waals surface area contributed by atoms with Crippen LogP contribution in [0.15, 0.2) is 18.2 Å². The van der Waals surface area contributed by atoms with Gasteiger partial charge in [-0.3, -0.25) is 9.69 Å². The van der Waals surface area contributed by atoms with Crippen molar-refractivity contribution in [2.75, 3.05) is 26.0 Å². The van der Waals surface area contributed by atoms with E-state index in [-0.39, 0.29) is 11.9 Å². The lowest BCUT2D eigenvalue weighted by Crippen LogP contribution is -2.27. The fourth-order valence-electron chi connectivity index (χ4n) is 2.75. The maximum atomic E-state index is 12.3. The van der Waals surface area contributed by atoms with Gasteiger partial charge in [-0.2, -0.15) is 0 Å². The van der Waals surface area contributed by atoms with Crippen LogP contribution in [-0.4, -0.2) is 36.5 Å². The number of carbonyl (C=O) groups excluding carboxylic acids is 1. The number of benzene rings is 1. The van der Waals surface area contributed by atoms with Crippen LogP contribution in [0.4, 0.5) is 5.69 Å². The van der Waals surface area contributed by atoms with Crippen molar-refractivity contribution in [3.05, 3.63) is 39.3 Å². The van der Waals surface area contributed by atoms with Crippen molar-refractivity contribution < 1.29 is 9.53 Å². The number of hydrogen-bond acceptors (Lipinski definition) is 5. The van der Waals surface area contributed by atoms with Crippen LogP contribution < -0.4 is 10.1 Å². The van der Waals surface area contributed by atoms with Crippen LogP contribution >= 0.6 is 11.3 Å². The van der Waals surface area contributed by atoms with Crippen molar-refractivity contribution in [1.82, 2.24) is 9.88 Å². The van der Waals surface area contributed by atoms with Crippen molar-refractivity contribution in [1.29, 1.82) is 0 Å². The highest BCUT2D eigenvalue weighted by Gasteiger charge is 2.18. The number of nitrogens with zero attached hydrogens (tertiary/aromatic N) is 2. The summed E-state index contributed by atoms with van der Waals surface area (Å²) in [4.78, 5) is 20.3. The predicted octanol–water partition coefficient (Wildman–Crippen LogP) is 4.10. The summed E-state index contributed by atoms with van der Waals surface area (Å²) in [5.74, 6) is 0.656. The van der Waals surface area contributed by atoms with Crippen molar-refractivity contribution in [3.63, 3.8) is 0 Å². The molecule has 0 aliphatic heterocycles. The molecular weight excluding hydrogens is 334 g/mol. The molecule has 1 aromatic heterocycles. The number of aromatic nitrogens is 1. The summed E-state index contributed by atoms with van der Waals surface area (Å²) in [6.45, 7) is 8.90. The third-order valence-corrected chi connectivity index (χ3v) is 5.22. The highest BCUT2D eigenvalue weighted by Crippen LogP contribution is 2.27. The molecule has 136 valence electrons. The molecule has 1 aromatic carbocycles. The predicted molar refractivity (Wildman–Crippen MR) is 104 cm³/mol. The minimum Gasteiger partial charge on any atom is -0.495 e. The Morgan fingerprint density at radius 3 is 2.68 bits per heavy atom. The lowest BCUT2D eigenvalue weighted by atomic mass is 10.2. The molecular formula is C19H27N3O2S. The Bertz CT molecular complexity index is 742. The summed E-state index contributed by atoms with van der Waals surface area (Å²) in [7, 11) is 3.63. The zero-order valence-corrected chi connectivity index (χ0v) is 16.7. The lowest BCUT2D eigenvalue weighted by Gasteiger charge is -2.23. The molecule has 0 aliphatic carbocycles. The van der Waals surface area contributed by atoms with Gasteiger partial charge in [0, 0.05) is 17.8 Å². The largest absolute Gasteiger partial charge is 0.495 e. The van der Waals surface area contributed by atoms with E-state index in [1.165, 1.54) is 4.88 Å². The Morgan fingerprint density at radius 2 is 2.08 bits per heavy atom. The molecule has 0 saturated heterocycles. The van der Waals surface area contributed by atoms with Gasteiger partial charge >= 0.3 is 0 Å². The SMILES string of the molecule is COc1ccc(C)cc1NC(=O)CCN(C)[C@@H](C)c1nc(C)sc1C. The van der Waals surface area contributed by atoms with Gasteiger partial charge in [0.2, 0.25) is 5.91 Å². The molecule has 1 heterocycles. The number of aryl methyl sites for hydroxylation is 3. The van der Waals surface area contributed by atoms with E-state index >= 15 is 0 Å². The highest BCUT2D eigenvalue weighted by molar-refractivity contribution is 7.11. The van der Waals surface area contributed by atoms with E-state index in [1.807, 2.05) is 39.1 Å². The average Bonchev–Trinajstić information content (AvgIpc) is 2.90. The summed E-state index contributed by atoms with van der Waals surface area (Å²) in [5, 5.41) is 4.03. The first kappa shape index (κ1) is 19.4. The van der Waals surface area contributed by atoms with Gasteiger partial charge < -0.3 is 10.1 Å². The summed E-state index contributed by atoms with van der Waals surface area (Å²) >= 11 is 1.72. The molecule has 1 atom stereocenters. The zero-order chi connectivity index (χ0) is 18.6. The van der Waals surface area contributed by atoms with Crippen LogP contribution in [0.2, 0.25) is 0 Å².